The molecule has 0 N–H and O–H groups in total. The Morgan fingerprint density at radius 2 is 2.58 bits per heavy atom. The first-order valence-electron chi connectivity index (χ1n) is 3.69. The lowest BCUT2D eigenvalue weighted by Gasteiger charge is -2.13. The van der Waals surface area contributed by atoms with Gasteiger partial charge in [-0.1, -0.05) is 0 Å². The van der Waals surface area contributed by atoms with Gasteiger partial charge in [-0.15, -0.1) is 33.3 Å². The van der Waals surface area contributed by atoms with Crippen molar-refractivity contribution in [2.75, 3.05) is 5.75 Å². The minimum Gasteiger partial charge on any atom is -0.196 e. The number of hydrogen-bond acceptors (Lipinski definition) is 5. The molecule has 1 fully saturated rings. The van der Waals surface area contributed by atoms with Crippen molar-refractivity contribution in [1.82, 2.24) is 10.2 Å². The molecule has 0 aliphatic carbocycles. The fourth-order valence-electron chi connectivity index (χ4n) is 1.29. The van der Waals surface area contributed by atoms with Gasteiger partial charge in [-0.25, -0.2) is 0 Å². The third kappa shape index (κ3) is 1.11. The average Bonchev–Trinajstić information content (AvgIpc) is 2.76. The van der Waals surface area contributed by atoms with Crippen LogP contribution >= 0.6 is 23.1 Å². The largest absolute Gasteiger partial charge is 0.196 e. The van der Waals surface area contributed by atoms with E-state index in [-0.39, 0.29) is 4.75 Å². The number of nitrogens with zero attached hydrogens (tertiary/aromatic N) is 3. The highest BCUT2D eigenvalue weighted by Crippen LogP contribution is 2.46. The van der Waals surface area contributed by atoms with Gasteiger partial charge in [0.2, 0.25) is 0 Å². The lowest BCUT2D eigenvalue weighted by Crippen LogP contribution is -2.14. The Balaban J connectivity index is 2.36. The maximum absolute atomic E-state index is 9.06. The van der Waals surface area contributed by atoms with Crippen LogP contribution < -0.4 is 0 Å². The van der Waals surface area contributed by atoms with Crippen LogP contribution in [0.5, 0.6) is 0 Å². The highest BCUT2D eigenvalue weighted by atomic mass is 32.2. The van der Waals surface area contributed by atoms with E-state index in [1.165, 1.54) is 11.3 Å². The van der Waals surface area contributed by atoms with Gasteiger partial charge >= 0.3 is 0 Å². The van der Waals surface area contributed by atoms with Gasteiger partial charge in [0.15, 0.2) is 4.75 Å². The van der Waals surface area contributed by atoms with E-state index in [0.29, 0.717) is 0 Å². The van der Waals surface area contributed by atoms with Crippen molar-refractivity contribution in [1.29, 1.82) is 5.26 Å². The molecule has 2 rings (SSSR count). The van der Waals surface area contributed by atoms with Gasteiger partial charge in [0.25, 0.3) is 0 Å². The van der Waals surface area contributed by atoms with Gasteiger partial charge in [0.1, 0.15) is 10.5 Å². The molecule has 1 aliphatic heterocycles. The molecule has 0 radical (unpaired) electrons. The third-order valence-corrected chi connectivity index (χ3v) is 4.36. The summed E-state index contributed by atoms with van der Waals surface area (Å²) in [5, 5.41) is 17.7. The van der Waals surface area contributed by atoms with Gasteiger partial charge in [0.05, 0.1) is 6.07 Å². The summed E-state index contributed by atoms with van der Waals surface area (Å²) < 4.78 is -0.374. The van der Waals surface area contributed by atoms with Gasteiger partial charge in [-0.05, 0) is 18.6 Å². The van der Waals surface area contributed by atoms with Crippen molar-refractivity contribution in [2.45, 2.75) is 17.6 Å². The molecule has 0 amide bonds. The quantitative estimate of drug-likeness (QED) is 0.688. The minimum atomic E-state index is -0.374. The van der Waals surface area contributed by atoms with Crippen LogP contribution in [0, 0.1) is 11.3 Å². The lowest BCUT2D eigenvalue weighted by molar-refractivity contribution is 0.704. The predicted octanol–water partition coefficient (Wildman–Crippen LogP) is 1.78. The zero-order valence-electron chi connectivity index (χ0n) is 6.36. The predicted molar refractivity (Wildman–Crippen MR) is 48.9 cm³/mol. The first-order chi connectivity index (χ1) is 5.87. The smallest absolute Gasteiger partial charge is 0.156 e. The Bertz CT molecular complexity index is 295. The highest BCUT2D eigenvalue weighted by molar-refractivity contribution is 8.00. The molecule has 1 atom stereocenters. The van der Waals surface area contributed by atoms with Gasteiger partial charge in [0, 0.05) is 0 Å². The average molecular weight is 197 g/mol. The second kappa shape index (κ2) is 3.04. The molecule has 3 nitrogen and oxygen atoms in total. The summed E-state index contributed by atoms with van der Waals surface area (Å²) in [5.41, 5.74) is 1.69. The number of hydrogen-bond donors (Lipinski definition) is 0. The summed E-state index contributed by atoms with van der Waals surface area (Å²) in [6.45, 7) is 0. The SMILES string of the molecule is N#CC1(c2nncs2)CCCS1. The van der Waals surface area contributed by atoms with Crippen molar-refractivity contribution in [3.05, 3.63) is 10.5 Å². The van der Waals surface area contributed by atoms with Crippen LogP contribution in [0.3, 0.4) is 0 Å². The molecule has 0 bridgehead atoms. The zero-order chi connectivity index (χ0) is 8.44. The van der Waals surface area contributed by atoms with Crippen molar-refractivity contribution in [3.63, 3.8) is 0 Å². The van der Waals surface area contributed by atoms with Crippen molar-refractivity contribution in [2.24, 2.45) is 0 Å². The molecule has 1 unspecified atom stereocenters. The maximum atomic E-state index is 9.06. The van der Waals surface area contributed by atoms with E-state index in [1.54, 1.807) is 17.3 Å². The van der Waals surface area contributed by atoms with Gasteiger partial charge in [-0.2, -0.15) is 5.26 Å². The number of rotatable bonds is 1. The second-order valence-corrected chi connectivity index (χ2v) is 4.86. The molecule has 2 heterocycles. The maximum Gasteiger partial charge on any atom is 0.156 e. The van der Waals surface area contributed by atoms with E-state index in [4.69, 9.17) is 5.26 Å². The molecule has 12 heavy (non-hydrogen) atoms. The first-order valence-corrected chi connectivity index (χ1v) is 5.56. The highest BCUT2D eigenvalue weighted by Gasteiger charge is 2.39. The molecule has 0 saturated carbocycles. The molecule has 1 aromatic rings. The number of aromatic nitrogens is 2. The first kappa shape index (κ1) is 8.02. The monoisotopic (exact) mass is 197 g/mol. The molecular weight excluding hydrogens is 190 g/mol. The summed E-state index contributed by atoms with van der Waals surface area (Å²) in [7, 11) is 0. The van der Waals surface area contributed by atoms with E-state index >= 15 is 0 Å². The summed E-state index contributed by atoms with van der Waals surface area (Å²) in [6.07, 6.45) is 2.03. The zero-order valence-corrected chi connectivity index (χ0v) is 7.99. The van der Waals surface area contributed by atoms with E-state index in [0.717, 1.165) is 23.6 Å². The number of thioether (sulfide) groups is 1. The molecule has 1 aromatic heterocycles. The van der Waals surface area contributed by atoms with Crippen LogP contribution in [0.1, 0.15) is 17.8 Å². The van der Waals surface area contributed by atoms with Crippen LogP contribution in [-0.2, 0) is 4.75 Å². The van der Waals surface area contributed by atoms with Crippen molar-refractivity contribution < 1.29 is 0 Å². The van der Waals surface area contributed by atoms with Gasteiger partial charge in [-0.3, -0.25) is 0 Å². The van der Waals surface area contributed by atoms with E-state index < -0.39 is 0 Å². The fraction of sp³-hybridized carbons (Fsp3) is 0.571. The Morgan fingerprint density at radius 3 is 3.08 bits per heavy atom. The van der Waals surface area contributed by atoms with Crippen LogP contribution in [0.15, 0.2) is 5.51 Å². The summed E-state index contributed by atoms with van der Waals surface area (Å²) in [4.78, 5) is 0. The van der Waals surface area contributed by atoms with Crippen molar-refractivity contribution in [3.8, 4) is 6.07 Å². The Morgan fingerprint density at radius 1 is 1.67 bits per heavy atom. The summed E-state index contributed by atoms with van der Waals surface area (Å²) in [6, 6.07) is 2.35. The molecular formula is C7H7N3S2. The third-order valence-electron chi connectivity index (χ3n) is 1.91. The molecule has 0 aromatic carbocycles. The Hall–Kier alpha value is -0.600. The Kier molecular flexibility index (Phi) is 2.03. The summed E-state index contributed by atoms with van der Waals surface area (Å²) >= 11 is 3.17. The van der Waals surface area contributed by atoms with Crippen LogP contribution in [0.25, 0.3) is 0 Å². The molecule has 1 saturated heterocycles. The van der Waals surface area contributed by atoms with E-state index in [1.807, 2.05) is 0 Å². The van der Waals surface area contributed by atoms with Crippen molar-refractivity contribution >= 4 is 23.1 Å². The normalized spacial score (nSPS) is 28.6. The van der Waals surface area contributed by atoms with Crippen LogP contribution in [0.4, 0.5) is 0 Å². The molecule has 5 heteroatoms. The van der Waals surface area contributed by atoms with Crippen LogP contribution in [-0.4, -0.2) is 16.0 Å². The Labute approximate surface area is 78.8 Å². The minimum absolute atomic E-state index is 0.374. The lowest BCUT2D eigenvalue weighted by atomic mass is 10.1. The molecule has 62 valence electrons. The van der Waals surface area contributed by atoms with E-state index in [2.05, 4.69) is 16.3 Å². The topological polar surface area (TPSA) is 49.6 Å². The standard InChI is InChI=1S/C7H7N3S2/c8-4-7(2-1-3-12-7)6-10-9-5-11-6/h5H,1-3H2. The summed E-state index contributed by atoms with van der Waals surface area (Å²) in [5.74, 6) is 1.06. The fourth-order valence-corrected chi connectivity index (χ4v) is 3.40. The van der Waals surface area contributed by atoms with Gasteiger partial charge < -0.3 is 0 Å². The second-order valence-electron chi connectivity index (χ2n) is 2.63. The number of nitriles is 1. The molecule has 1 aliphatic rings. The van der Waals surface area contributed by atoms with Crippen LogP contribution in [0.2, 0.25) is 0 Å². The molecule has 0 spiro atoms. The van der Waals surface area contributed by atoms with E-state index in [9.17, 15) is 0 Å².